The van der Waals surface area contributed by atoms with Crippen LogP contribution in [0, 0.1) is 11.6 Å². The molecule has 0 saturated carbocycles. The second-order valence-corrected chi connectivity index (χ2v) is 4.64. The van der Waals surface area contributed by atoms with Crippen molar-refractivity contribution in [2.45, 2.75) is 31.7 Å². The van der Waals surface area contributed by atoms with Gasteiger partial charge < -0.3 is 9.84 Å². The molecule has 0 radical (unpaired) electrons. The second kappa shape index (κ2) is 4.55. The molecule has 1 fully saturated rings. The highest BCUT2D eigenvalue weighted by molar-refractivity contribution is 5.24. The van der Waals surface area contributed by atoms with Crippen LogP contribution >= 0.6 is 0 Å². The summed E-state index contributed by atoms with van der Waals surface area (Å²) in [6.45, 7) is 3.65. The Morgan fingerprint density at radius 1 is 1.33 bits per heavy atom. The van der Waals surface area contributed by atoms with E-state index >= 15 is 0 Å². The number of benzene rings is 1. The lowest BCUT2D eigenvalue weighted by Gasteiger charge is -2.46. The molecule has 18 heavy (non-hydrogen) atoms. The zero-order valence-corrected chi connectivity index (χ0v) is 10.2. The number of morpholine rings is 1. The van der Waals surface area contributed by atoms with E-state index in [1.165, 1.54) is 5.01 Å². The number of rotatable bonds is 1. The maximum atomic E-state index is 13.2. The topological polar surface area (TPSA) is 58.7 Å². The molecule has 1 aromatic carbocycles. The molecule has 4 nitrogen and oxygen atoms in total. The van der Waals surface area contributed by atoms with Crippen molar-refractivity contribution >= 4 is 0 Å². The minimum absolute atomic E-state index is 0.0230. The van der Waals surface area contributed by atoms with Gasteiger partial charge in [-0.2, -0.15) is 0 Å². The number of aliphatic hydroxyl groups is 1. The molecule has 1 heterocycles. The Kier molecular flexibility index (Phi) is 3.37. The molecule has 1 aromatic rings. The fourth-order valence-corrected chi connectivity index (χ4v) is 2.12. The molecular weight excluding hydrogens is 242 g/mol. The van der Waals surface area contributed by atoms with Crippen molar-refractivity contribution in [2.75, 3.05) is 6.61 Å². The fourth-order valence-electron chi connectivity index (χ4n) is 2.12. The van der Waals surface area contributed by atoms with Gasteiger partial charge in [-0.05, 0) is 26.0 Å². The van der Waals surface area contributed by atoms with Gasteiger partial charge in [0.05, 0.1) is 12.6 Å². The number of halogens is 2. The van der Waals surface area contributed by atoms with Crippen molar-refractivity contribution in [1.82, 2.24) is 5.01 Å². The van der Waals surface area contributed by atoms with Crippen LogP contribution in [0.5, 0.6) is 0 Å². The maximum absolute atomic E-state index is 13.2. The van der Waals surface area contributed by atoms with Crippen LogP contribution in [0.3, 0.4) is 0 Å². The van der Waals surface area contributed by atoms with E-state index in [9.17, 15) is 13.9 Å². The van der Waals surface area contributed by atoms with E-state index in [0.29, 0.717) is 0 Å². The number of nitrogens with zero attached hydrogens (tertiary/aromatic N) is 1. The fraction of sp³-hybridized carbons (Fsp3) is 0.500. The van der Waals surface area contributed by atoms with Crippen LogP contribution in [-0.4, -0.2) is 28.8 Å². The molecule has 1 aliphatic rings. The summed E-state index contributed by atoms with van der Waals surface area (Å²) in [5.74, 6) is 2.47. The SMILES string of the molecule is CC1COC(O)(c2cc(F)cc(F)c2)C(C)N1N. The molecule has 1 saturated heterocycles. The quantitative estimate of drug-likeness (QED) is 0.740. The van der Waals surface area contributed by atoms with Gasteiger partial charge in [-0.1, -0.05) is 0 Å². The molecule has 3 unspecified atom stereocenters. The lowest BCUT2D eigenvalue weighted by Crippen LogP contribution is -2.62. The van der Waals surface area contributed by atoms with Gasteiger partial charge in [0.15, 0.2) is 0 Å². The predicted molar refractivity (Wildman–Crippen MR) is 61.2 cm³/mol. The summed E-state index contributed by atoms with van der Waals surface area (Å²) >= 11 is 0. The average molecular weight is 258 g/mol. The Balaban J connectivity index is 2.41. The summed E-state index contributed by atoms with van der Waals surface area (Å²) in [6.07, 6.45) is 0. The molecule has 0 spiro atoms. The minimum atomic E-state index is -1.82. The van der Waals surface area contributed by atoms with E-state index in [-0.39, 0.29) is 18.2 Å². The first-order valence-electron chi connectivity index (χ1n) is 5.70. The minimum Gasteiger partial charge on any atom is -0.361 e. The zero-order chi connectivity index (χ0) is 13.5. The van der Waals surface area contributed by atoms with Gasteiger partial charge in [0.25, 0.3) is 0 Å². The summed E-state index contributed by atoms with van der Waals surface area (Å²) in [6, 6.07) is 2.12. The first kappa shape index (κ1) is 13.4. The summed E-state index contributed by atoms with van der Waals surface area (Å²) in [7, 11) is 0. The Labute approximate surface area is 104 Å². The number of hydrogen-bond acceptors (Lipinski definition) is 4. The van der Waals surface area contributed by atoms with Crippen LogP contribution in [-0.2, 0) is 10.5 Å². The number of hydrogen-bond donors (Lipinski definition) is 2. The number of ether oxygens (including phenoxy) is 1. The lowest BCUT2D eigenvalue weighted by atomic mass is 9.95. The van der Waals surface area contributed by atoms with Gasteiger partial charge in [0.2, 0.25) is 5.79 Å². The zero-order valence-electron chi connectivity index (χ0n) is 10.2. The Morgan fingerprint density at radius 3 is 2.44 bits per heavy atom. The second-order valence-electron chi connectivity index (χ2n) is 4.64. The third-order valence-corrected chi connectivity index (χ3v) is 3.34. The van der Waals surface area contributed by atoms with E-state index < -0.39 is 23.5 Å². The van der Waals surface area contributed by atoms with Gasteiger partial charge >= 0.3 is 0 Å². The first-order valence-corrected chi connectivity index (χ1v) is 5.70. The Morgan fingerprint density at radius 2 is 1.89 bits per heavy atom. The molecule has 1 aliphatic heterocycles. The van der Waals surface area contributed by atoms with E-state index in [0.717, 1.165) is 18.2 Å². The highest BCUT2D eigenvalue weighted by atomic mass is 19.1. The highest BCUT2D eigenvalue weighted by Gasteiger charge is 2.45. The summed E-state index contributed by atoms with van der Waals surface area (Å²) in [4.78, 5) is 0. The molecule has 2 rings (SSSR count). The molecule has 3 atom stereocenters. The molecule has 0 aromatic heterocycles. The molecule has 6 heteroatoms. The van der Waals surface area contributed by atoms with Crippen LogP contribution in [0.1, 0.15) is 19.4 Å². The van der Waals surface area contributed by atoms with Crippen LogP contribution < -0.4 is 5.84 Å². The Bertz CT molecular complexity index is 437. The standard InChI is InChI=1S/C12H16F2N2O2/c1-7-6-18-12(17,8(2)16(7)15)9-3-10(13)5-11(14)4-9/h3-5,7-8,17H,6,15H2,1-2H3. The van der Waals surface area contributed by atoms with Gasteiger partial charge in [-0.3, -0.25) is 5.84 Å². The lowest BCUT2D eigenvalue weighted by molar-refractivity contribution is -0.287. The van der Waals surface area contributed by atoms with E-state index in [2.05, 4.69) is 0 Å². The molecular formula is C12H16F2N2O2. The number of nitrogens with two attached hydrogens (primary N) is 1. The van der Waals surface area contributed by atoms with Crippen molar-refractivity contribution < 1.29 is 18.6 Å². The summed E-state index contributed by atoms with van der Waals surface area (Å²) < 4.78 is 31.8. The van der Waals surface area contributed by atoms with Crippen molar-refractivity contribution in [1.29, 1.82) is 0 Å². The van der Waals surface area contributed by atoms with Crippen molar-refractivity contribution in [2.24, 2.45) is 5.84 Å². The third kappa shape index (κ3) is 2.12. The maximum Gasteiger partial charge on any atom is 0.209 e. The third-order valence-electron chi connectivity index (χ3n) is 3.34. The average Bonchev–Trinajstić information content (AvgIpc) is 2.30. The summed E-state index contributed by atoms with van der Waals surface area (Å²) in [5, 5.41) is 11.9. The van der Waals surface area contributed by atoms with Crippen LogP contribution in [0.15, 0.2) is 18.2 Å². The van der Waals surface area contributed by atoms with E-state index in [1.807, 2.05) is 6.92 Å². The summed E-state index contributed by atoms with van der Waals surface area (Å²) in [5.41, 5.74) is 0.0230. The largest absolute Gasteiger partial charge is 0.361 e. The first-order chi connectivity index (χ1) is 8.34. The monoisotopic (exact) mass is 258 g/mol. The smallest absolute Gasteiger partial charge is 0.209 e. The van der Waals surface area contributed by atoms with Crippen LogP contribution in [0.2, 0.25) is 0 Å². The molecule has 100 valence electrons. The van der Waals surface area contributed by atoms with Crippen molar-refractivity contribution in [3.8, 4) is 0 Å². The van der Waals surface area contributed by atoms with Gasteiger partial charge in [0.1, 0.15) is 11.6 Å². The molecule has 0 bridgehead atoms. The van der Waals surface area contributed by atoms with Crippen LogP contribution in [0.25, 0.3) is 0 Å². The highest BCUT2D eigenvalue weighted by Crippen LogP contribution is 2.34. The van der Waals surface area contributed by atoms with Gasteiger partial charge in [-0.25, -0.2) is 13.8 Å². The van der Waals surface area contributed by atoms with Crippen molar-refractivity contribution in [3.05, 3.63) is 35.4 Å². The molecule has 0 amide bonds. The van der Waals surface area contributed by atoms with Gasteiger partial charge in [0, 0.05) is 17.7 Å². The molecule has 0 aliphatic carbocycles. The van der Waals surface area contributed by atoms with Crippen molar-refractivity contribution in [3.63, 3.8) is 0 Å². The predicted octanol–water partition coefficient (Wildman–Crippen LogP) is 1.09. The van der Waals surface area contributed by atoms with Gasteiger partial charge in [-0.15, -0.1) is 0 Å². The molecule has 3 N–H and O–H groups in total. The van der Waals surface area contributed by atoms with E-state index in [4.69, 9.17) is 10.6 Å². The van der Waals surface area contributed by atoms with Crippen LogP contribution in [0.4, 0.5) is 8.78 Å². The normalized spacial score (nSPS) is 33.7. The van der Waals surface area contributed by atoms with E-state index in [1.54, 1.807) is 6.92 Å². The number of hydrazine groups is 1. The Hall–Kier alpha value is -1.08.